The van der Waals surface area contributed by atoms with E-state index in [0.717, 1.165) is 10.9 Å². The molecule has 144 valence electrons. The van der Waals surface area contributed by atoms with Gasteiger partial charge in [-0.1, -0.05) is 35.9 Å². The first-order chi connectivity index (χ1) is 13.5. The van der Waals surface area contributed by atoms with Crippen LogP contribution < -0.4 is 5.32 Å². The summed E-state index contributed by atoms with van der Waals surface area (Å²) in [7, 11) is 0. The van der Waals surface area contributed by atoms with Crippen molar-refractivity contribution in [3.05, 3.63) is 92.6 Å². The first-order valence-electron chi connectivity index (χ1n) is 8.15. The van der Waals surface area contributed by atoms with Gasteiger partial charge in [0.25, 0.3) is 5.91 Å². The van der Waals surface area contributed by atoms with E-state index >= 15 is 0 Å². The highest BCUT2D eigenvalue weighted by Gasteiger charge is 2.21. The van der Waals surface area contributed by atoms with Crippen LogP contribution in [0, 0.1) is 11.6 Å². The van der Waals surface area contributed by atoms with Crippen molar-refractivity contribution in [1.29, 1.82) is 0 Å². The number of hydrogen-bond donors (Lipinski definition) is 1. The molecule has 3 rings (SSSR count). The molecule has 2 aromatic carbocycles. The SMILES string of the molecule is O=C(COC(=O)c1c(F)cccc1Cl)NC(c1ccc(F)cc1)c1cccs1. The minimum absolute atomic E-state index is 0.104. The average molecular weight is 422 g/mol. The van der Waals surface area contributed by atoms with Crippen LogP contribution in [0.1, 0.15) is 26.8 Å². The molecule has 3 aromatic rings. The summed E-state index contributed by atoms with van der Waals surface area (Å²) in [6, 6.07) is 12.6. The fourth-order valence-electron chi connectivity index (χ4n) is 2.53. The van der Waals surface area contributed by atoms with Gasteiger partial charge in [0.1, 0.15) is 17.2 Å². The maximum Gasteiger partial charge on any atom is 0.343 e. The summed E-state index contributed by atoms with van der Waals surface area (Å²) in [5, 5.41) is 4.48. The molecule has 1 heterocycles. The van der Waals surface area contributed by atoms with Crippen LogP contribution in [0.25, 0.3) is 0 Å². The number of thiophene rings is 1. The van der Waals surface area contributed by atoms with Crippen LogP contribution >= 0.6 is 22.9 Å². The van der Waals surface area contributed by atoms with E-state index in [1.807, 2.05) is 17.5 Å². The molecular weight excluding hydrogens is 408 g/mol. The number of ether oxygens (including phenoxy) is 1. The molecular formula is C20H14ClF2NO3S. The van der Waals surface area contributed by atoms with Crippen molar-refractivity contribution >= 4 is 34.8 Å². The first-order valence-corrected chi connectivity index (χ1v) is 9.41. The Morgan fingerprint density at radius 1 is 1.07 bits per heavy atom. The molecule has 0 bridgehead atoms. The lowest BCUT2D eigenvalue weighted by Crippen LogP contribution is -2.32. The Labute approximate surface area is 168 Å². The van der Waals surface area contributed by atoms with Crippen LogP contribution in [0.2, 0.25) is 5.02 Å². The number of carbonyl (C=O) groups is 2. The number of carbonyl (C=O) groups excluding carboxylic acids is 2. The fourth-order valence-corrected chi connectivity index (χ4v) is 3.57. The summed E-state index contributed by atoms with van der Waals surface area (Å²) in [4.78, 5) is 25.2. The van der Waals surface area contributed by atoms with Crippen LogP contribution in [0.3, 0.4) is 0 Å². The van der Waals surface area contributed by atoms with Crippen molar-refractivity contribution in [3.63, 3.8) is 0 Å². The van der Waals surface area contributed by atoms with Crippen molar-refractivity contribution in [3.8, 4) is 0 Å². The predicted octanol–water partition coefficient (Wildman–Crippen LogP) is 4.74. The van der Waals surface area contributed by atoms with E-state index in [4.69, 9.17) is 16.3 Å². The van der Waals surface area contributed by atoms with Crippen molar-refractivity contribution in [2.24, 2.45) is 0 Å². The van der Waals surface area contributed by atoms with E-state index < -0.39 is 41.7 Å². The molecule has 1 N–H and O–H groups in total. The topological polar surface area (TPSA) is 55.4 Å². The highest BCUT2D eigenvalue weighted by atomic mass is 35.5. The minimum atomic E-state index is -1.03. The van der Waals surface area contributed by atoms with Gasteiger partial charge < -0.3 is 10.1 Å². The molecule has 0 radical (unpaired) electrons. The molecule has 1 unspecified atom stereocenters. The van der Waals surface area contributed by atoms with Crippen molar-refractivity contribution in [2.75, 3.05) is 6.61 Å². The van der Waals surface area contributed by atoms with Crippen LogP contribution in [-0.4, -0.2) is 18.5 Å². The van der Waals surface area contributed by atoms with Gasteiger partial charge in [-0.3, -0.25) is 4.79 Å². The molecule has 0 saturated carbocycles. The van der Waals surface area contributed by atoms with Gasteiger partial charge in [-0.2, -0.15) is 0 Å². The maximum absolute atomic E-state index is 13.8. The quantitative estimate of drug-likeness (QED) is 0.585. The van der Waals surface area contributed by atoms with E-state index in [2.05, 4.69) is 5.32 Å². The molecule has 1 atom stereocenters. The van der Waals surface area contributed by atoms with E-state index in [1.165, 1.54) is 35.6 Å². The summed E-state index contributed by atoms with van der Waals surface area (Å²) < 4.78 is 31.9. The number of esters is 1. The maximum atomic E-state index is 13.8. The van der Waals surface area contributed by atoms with E-state index in [0.29, 0.717) is 5.56 Å². The largest absolute Gasteiger partial charge is 0.452 e. The molecule has 0 aliphatic carbocycles. The second kappa shape index (κ2) is 8.95. The van der Waals surface area contributed by atoms with Gasteiger partial charge in [0.15, 0.2) is 6.61 Å². The number of halogens is 3. The summed E-state index contributed by atoms with van der Waals surface area (Å²) >= 11 is 7.23. The Balaban J connectivity index is 1.69. The molecule has 0 saturated heterocycles. The number of hydrogen-bond acceptors (Lipinski definition) is 4. The summed E-state index contributed by atoms with van der Waals surface area (Å²) in [6.45, 7) is -0.618. The highest BCUT2D eigenvalue weighted by Crippen LogP contribution is 2.26. The predicted molar refractivity (Wildman–Crippen MR) is 102 cm³/mol. The van der Waals surface area contributed by atoms with E-state index in [9.17, 15) is 18.4 Å². The fraction of sp³-hybridized carbons (Fsp3) is 0.100. The van der Waals surface area contributed by atoms with Gasteiger partial charge in [0, 0.05) is 4.88 Å². The van der Waals surface area contributed by atoms with Crippen LogP contribution in [0.4, 0.5) is 8.78 Å². The third-order valence-corrected chi connectivity index (χ3v) is 5.09. The van der Waals surface area contributed by atoms with Gasteiger partial charge in [-0.05, 0) is 41.3 Å². The van der Waals surface area contributed by atoms with Crippen LogP contribution in [0.5, 0.6) is 0 Å². The second-order valence-corrected chi connectivity index (χ2v) is 7.13. The van der Waals surface area contributed by atoms with Gasteiger partial charge in [0.05, 0.1) is 11.1 Å². The molecule has 0 aliphatic heterocycles. The third kappa shape index (κ3) is 4.74. The Hall–Kier alpha value is -2.77. The Morgan fingerprint density at radius 2 is 1.82 bits per heavy atom. The lowest BCUT2D eigenvalue weighted by atomic mass is 10.1. The number of benzene rings is 2. The standard InChI is InChI=1S/C20H14ClF2NO3S/c21-14-3-1-4-15(23)18(14)20(26)27-11-17(25)24-19(16-5-2-10-28-16)12-6-8-13(22)9-7-12/h1-10,19H,11H2,(H,24,25). The third-order valence-electron chi connectivity index (χ3n) is 3.84. The van der Waals surface area contributed by atoms with Crippen LogP contribution in [0.15, 0.2) is 60.0 Å². The molecule has 28 heavy (non-hydrogen) atoms. The molecule has 0 spiro atoms. The summed E-state index contributed by atoms with van der Waals surface area (Å²) in [6.07, 6.45) is 0. The zero-order chi connectivity index (χ0) is 20.1. The van der Waals surface area contributed by atoms with E-state index in [-0.39, 0.29) is 5.02 Å². The monoisotopic (exact) mass is 421 g/mol. The summed E-state index contributed by atoms with van der Waals surface area (Å²) in [5.74, 6) is -2.85. The second-order valence-electron chi connectivity index (χ2n) is 5.74. The normalized spacial score (nSPS) is 11.7. The smallest absolute Gasteiger partial charge is 0.343 e. The highest BCUT2D eigenvalue weighted by molar-refractivity contribution is 7.10. The van der Waals surface area contributed by atoms with Crippen molar-refractivity contribution in [2.45, 2.75) is 6.04 Å². The Kier molecular flexibility index (Phi) is 6.38. The first kappa shape index (κ1) is 20.0. The van der Waals surface area contributed by atoms with Gasteiger partial charge in [-0.25, -0.2) is 13.6 Å². The molecule has 4 nitrogen and oxygen atoms in total. The zero-order valence-electron chi connectivity index (χ0n) is 14.3. The number of rotatable bonds is 6. The lowest BCUT2D eigenvalue weighted by Gasteiger charge is -2.18. The van der Waals surface area contributed by atoms with E-state index in [1.54, 1.807) is 12.1 Å². The van der Waals surface area contributed by atoms with Crippen LogP contribution in [-0.2, 0) is 9.53 Å². The number of nitrogens with one attached hydrogen (secondary N) is 1. The number of amides is 1. The van der Waals surface area contributed by atoms with Gasteiger partial charge >= 0.3 is 5.97 Å². The molecule has 8 heteroatoms. The lowest BCUT2D eigenvalue weighted by molar-refractivity contribution is -0.124. The Morgan fingerprint density at radius 3 is 2.46 bits per heavy atom. The van der Waals surface area contributed by atoms with Crippen molar-refractivity contribution < 1.29 is 23.1 Å². The summed E-state index contributed by atoms with van der Waals surface area (Å²) in [5.41, 5.74) is 0.242. The minimum Gasteiger partial charge on any atom is -0.452 e. The zero-order valence-corrected chi connectivity index (χ0v) is 15.9. The molecule has 0 fully saturated rings. The molecule has 0 aliphatic rings. The molecule has 1 aromatic heterocycles. The van der Waals surface area contributed by atoms with Gasteiger partial charge in [0.2, 0.25) is 0 Å². The average Bonchev–Trinajstić information content (AvgIpc) is 3.19. The molecule has 1 amide bonds. The van der Waals surface area contributed by atoms with Crippen molar-refractivity contribution in [1.82, 2.24) is 5.32 Å². The van der Waals surface area contributed by atoms with Gasteiger partial charge in [-0.15, -0.1) is 11.3 Å². The Bertz CT molecular complexity index is 957.